The van der Waals surface area contributed by atoms with Crippen LogP contribution in [0, 0.1) is 6.92 Å². The Morgan fingerprint density at radius 2 is 2.00 bits per heavy atom. The fraction of sp³-hybridized carbons (Fsp3) is 0.385. The number of carboxylic acid groups (broad SMARTS) is 1. The van der Waals surface area contributed by atoms with Gasteiger partial charge in [-0.15, -0.1) is 0 Å². The van der Waals surface area contributed by atoms with E-state index in [9.17, 15) is 9.59 Å². The fourth-order valence-corrected chi connectivity index (χ4v) is 1.78. The van der Waals surface area contributed by atoms with Crippen molar-refractivity contribution in [2.24, 2.45) is 5.73 Å². The monoisotopic (exact) mass is 250 g/mol. The number of nitrogens with one attached hydrogen (secondary N) is 1. The molecular weight excluding hydrogens is 232 g/mol. The first kappa shape index (κ1) is 14.0. The average Bonchev–Trinajstić information content (AvgIpc) is 2.18. The van der Waals surface area contributed by atoms with E-state index in [1.165, 1.54) is 6.07 Å². The van der Waals surface area contributed by atoms with Crippen molar-refractivity contribution in [3.63, 3.8) is 0 Å². The summed E-state index contributed by atoms with van der Waals surface area (Å²) >= 11 is 0. The van der Waals surface area contributed by atoms with E-state index in [1.54, 1.807) is 12.1 Å². The van der Waals surface area contributed by atoms with Gasteiger partial charge in [0.1, 0.15) is 0 Å². The second-order valence-electron chi connectivity index (χ2n) is 4.99. The summed E-state index contributed by atoms with van der Waals surface area (Å²) in [5.41, 5.74) is 6.56. The van der Waals surface area contributed by atoms with Crippen molar-refractivity contribution in [3.8, 4) is 0 Å². The van der Waals surface area contributed by atoms with Gasteiger partial charge >= 0.3 is 5.97 Å². The van der Waals surface area contributed by atoms with Crippen molar-refractivity contribution in [2.75, 3.05) is 5.32 Å². The molecule has 0 heterocycles. The van der Waals surface area contributed by atoms with Gasteiger partial charge in [-0.2, -0.15) is 0 Å². The van der Waals surface area contributed by atoms with Crippen molar-refractivity contribution in [3.05, 3.63) is 29.3 Å². The minimum Gasteiger partial charge on any atom is -0.478 e. The molecule has 0 bridgehead atoms. The summed E-state index contributed by atoms with van der Waals surface area (Å²) in [7, 11) is 0. The van der Waals surface area contributed by atoms with Crippen LogP contribution in [0.1, 0.15) is 36.2 Å². The smallest absolute Gasteiger partial charge is 0.335 e. The summed E-state index contributed by atoms with van der Waals surface area (Å²) in [6, 6.07) is 4.81. The molecule has 0 spiro atoms. The van der Waals surface area contributed by atoms with Crippen LogP contribution in [-0.2, 0) is 4.79 Å². The van der Waals surface area contributed by atoms with Crippen molar-refractivity contribution in [1.82, 2.24) is 0 Å². The first-order chi connectivity index (χ1) is 8.21. The predicted octanol–water partition coefficient (Wildman–Crippen LogP) is 1.76. The molecule has 0 unspecified atom stereocenters. The van der Waals surface area contributed by atoms with Crippen LogP contribution in [0.4, 0.5) is 5.69 Å². The largest absolute Gasteiger partial charge is 0.478 e. The predicted molar refractivity (Wildman–Crippen MR) is 69.7 cm³/mol. The van der Waals surface area contributed by atoms with E-state index in [4.69, 9.17) is 10.8 Å². The maximum atomic E-state index is 10.9. The molecule has 0 aliphatic rings. The van der Waals surface area contributed by atoms with E-state index in [1.807, 2.05) is 20.8 Å². The lowest BCUT2D eigenvalue weighted by molar-refractivity contribution is -0.118. The molecule has 5 nitrogen and oxygen atoms in total. The van der Waals surface area contributed by atoms with Crippen LogP contribution in [0.15, 0.2) is 18.2 Å². The standard InChI is InChI=1S/C13H18N2O3/c1-8-6-9(12(17)18)4-5-10(8)15-13(2,3)7-11(14)16/h4-6,15H,7H2,1-3H3,(H2,14,16)(H,17,18). The molecule has 1 aromatic carbocycles. The maximum Gasteiger partial charge on any atom is 0.335 e. The van der Waals surface area contributed by atoms with E-state index in [0.29, 0.717) is 0 Å². The molecule has 0 aliphatic heterocycles. The number of primary amides is 1. The molecule has 0 saturated carbocycles. The van der Waals surface area contributed by atoms with Gasteiger partial charge in [-0.25, -0.2) is 4.79 Å². The zero-order valence-electron chi connectivity index (χ0n) is 10.8. The molecule has 98 valence electrons. The highest BCUT2D eigenvalue weighted by atomic mass is 16.4. The zero-order chi connectivity index (χ0) is 13.9. The molecule has 0 aromatic heterocycles. The lowest BCUT2D eigenvalue weighted by Crippen LogP contribution is -2.36. The first-order valence-corrected chi connectivity index (χ1v) is 5.62. The number of benzene rings is 1. The van der Waals surface area contributed by atoms with Crippen LogP contribution in [0.3, 0.4) is 0 Å². The van der Waals surface area contributed by atoms with E-state index in [2.05, 4.69) is 5.32 Å². The number of carbonyl (C=O) groups is 2. The van der Waals surface area contributed by atoms with Crippen LogP contribution in [-0.4, -0.2) is 22.5 Å². The Hall–Kier alpha value is -2.04. The van der Waals surface area contributed by atoms with Gasteiger partial charge in [-0.3, -0.25) is 4.79 Å². The molecule has 0 saturated heterocycles. The highest BCUT2D eigenvalue weighted by molar-refractivity contribution is 5.88. The Morgan fingerprint density at radius 3 is 2.44 bits per heavy atom. The SMILES string of the molecule is Cc1cc(C(=O)O)ccc1NC(C)(C)CC(N)=O. The van der Waals surface area contributed by atoms with Gasteiger partial charge in [-0.1, -0.05) is 0 Å². The van der Waals surface area contributed by atoms with Crippen LogP contribution in [0.5, 0.6) is 0 Å². The first-order valence-electron chi connectivity index (χ1n) is 5.62. The average molecular weight is 250 g/mol. The van der Waals surface area contributed by atoms with Gasteiger partial charge in [0.05, 0.1) is 5.56 Å². The number of anilines is 1. The lowest BCUT2D eigenvalue weighted by Gasteiger charge is -2.27. The number of hydrogen-bond donors (Lipinski definition) is 3. The van der Waals surface area contributed by atoms with E-state index >= 15 is 0 Å². The van der Waals surface area contributed by atoms with Crippen molar-refractivity contribution in [1.29, 1.82) is 0 Å². The highest BCUT2D eigenvalue weighted by Gasteiger charge is 2.21. The fourth-order valence-electron chi connectivity index (χ4n) is 1.78. The molecule has 4 N–H and O–H groups in total. The van der Waals surface area contributed by atoms with Gasteiger partial charge in [0, 0.05) is 17.6 Å². The number of nitrogens with two attached hydrogens (primary N) is 1. The molecule has 0 aliphatic carbocycles. The van der Waals surface area contributed by atoms with Crippen molar-refractivity contribution >= 4 is 17.6 Å². The summed E-state index contributed by atoms with van der Waals surface area (Å²) in [5, 5.41) is 12.1. The Balaban J connectivity index is 2.92. The molecule has 0 fully saturated rings. The normalized spacial score (nSPS) is 11.1. The van der Waals surface area contributed by atoms with E-state index in [0.717, 1.165) is 11.3 Å². The third kappa shape index (κ3) is 3.76. The van der Waals surface area contributed by atoms with Gasteiger partial charge in [0.2, 0.25) is 5.91 Å². The van der Waals surface area contributed by atoms with Gasteiger partial charge in [0.15, 0.2) is 0 Å². The lowest BCUT2D eigenvalue weighted by atomic mass is 9.98. The Morgan fingerprint density at radius 1 is 1.39 bits per heavy atom. The summed E-state index contributed by atoms with van der Waals surface area (Å²) in [6.07, 6.45) is 0.202. The second kappa shape index (κ2) is 5.08. The molecule has 0 atom stereocenters. The van der Waals surface area contributed by atoms with Crippen LogP contribution >= 0.6 is 0 Å². The molecule has 1 amide bonds. The summed E-state index contributed by atoms with van der Waals surface area (Å²) in [6.45, 7) is 5.54. The van der Waals surface area contributed by atoms with Crippen LogP contribution in [0.2, 0.25) is 0 Å². The number of rotatable bonds is 5. The van der Waals surface area contributed by atoms with Crippen molar-refractivity contribution in [2.45, 2.75) is 32.7 Å². The quantitative estimate of drug-likeness (QED) is 0.742. The molecular formula is C13H18N2O3. The van der Waals surface area contributed by atoms with Gasteiger partial charge in [-0.05, 0) is 44.5 Å². The minimum atomic E-state index is -0.957. The molecule has 0 radical (unpaired) electrons. The number of aromatic carboxylic acids is 1. The minimum absolute atomic E-state index is 0.202. The third-order valence-corrected chi connectivity index (χ3v) is 2.56. The Kier molecular flexibility index (Phi) is 3.96. The highest BCUT2D eigenvalue weighted by Crippen LogP contribution is 2.22. The number of amides is 1. The van der Waals surface area contributed by atoms with Gasteiger partial charge < -0.3 is 16.2 Å². The van der Waals surface area contributed by atoms with Crippen LogP contribution in [0.25, 0.3) is 0 Å². The van der Waals surface area contributed by atoms with Crippen molar-refractivity contribution < 1.29 is 14.7 Å². The topological polar surface area (TPSA) is 92.4 Å². The Bertz CT molecular complexity index is 481. The summed E-state index contributed by atoms with van der Waals surface area (Å²) in [5.74, 6) is -1.34. The Labute approximate surface area is 106 Å². The number of aryl methyl sites for hydroxylation is 1. The third-order valence-electron chi connectivity index (χ3n) is 2.56. The molecule has 1 aromatic rings. The molecule has 5 heteroatoms. The summed E-state index contributed by atoms with van der Waals surface area (Å²) < 4.78 is 0. The van der Waals surface area contributed by atoms with E-state index in [-0.39, 0.29) is 17.9 Å². The zero-order valence-corrected chi connectivity index (χ0v) is 10.8. The van der Waals surface area contributed by atoms with Crippen LogP contribution < -0.4 is 11.1 Å². The summed E-state index contributed by atoms with van der Waals surface area (Å²) in [4.78, 5) is 21.8. The van der Waals surface area contributed by atoms with Gasteiger partial charge in [0.25, 0.3) is 0 Å². The number of carboxylic acids is 1. The molecule has 1 rings (SSSR count). The number of hydrogen-bond acceptors (Lipinski definition) is 3. The second-order valence-corrected chi connectivity index (χ2v) is 4.99. The molecule has 18 heavy (non-hydrogen) atoms. The van der Waals surface area contributed by atoms with E-state index < -0.39 is 11.5 Å². The maximum absolute atomic E-state index is 10.9. The number of carbonyl (C=O) groups excluding carboxylic acids is 1.